The van der Waals surface area contributed by atoms with Crippen molar-refractivity contribution in [1.29, 1.82) is 0 Å². The van der Waals surface area contributed by atoms with E-state index >= 15 is 0 Å². The van der Waals surface area contributed by atoms with Crippen LogP contribution in [0.15, 0.2) is 49.1 Å². The van der Waals surface area contributed by atoms with Crippen molar-refractivity contribution >= 4 is 16.5 Å². The molecule has 2 aromatic heterocycles. The number of aryl methyl sites for hydroxylation is 1. The van der Waals surface area contributed by atoms with Crippen LogP contribution >= 0.6 is 0 Å². The van der Waals surface area contributed by atoms with Gasteiger partial charge in [-0.05, 0) is 17.5 Å². The molecule has 0 aliphatic rings. The Kier molecular flexibility index (Phi) is 2.68. The number of rotatable bonds is 3. The first-order valence-corrected chi connectivity index (χ1v) is 5.87. The fourth-order valence-corrected chi connectivity index (χ4v) is 2.01. The fourth-order valence-electron chi connectivity index (χ4n) is 2.01. The van der Waals surface area contributed by atoms with Gasteiger partial charge in [0.1, 0.15) is 5.82 Å². The van der Waals surface area contributed by atoms with Crippen molar-refractivity contribution in [3.8, 4) is 0 Å². The largest absolute Gasteiger partial charge is 0.377 e. The molecular formula is C14H14N4. The van der Waals surface area contributed by atoms with Crippen molar-refractivity contribution in [2.45, 2.75) is 6.54 Å². The molecular weight excluding hydrogens is 224 g/mol. The molecule has 2 heterocycles. The highest BCUT2D eigenvalue weighted by atomic mass is 15.1. The zero-order valence-corrected chi connectivity index (χ0v) is 10.2. The van der Waals surface area contributed by atoms with Gasteiger partial charge in [-0.2, -0.15) is 0 Å². The Labute approximate surface area is 105 Å². The van der Waals surface area contributed by atoms with Gasteiger partial charge in [0.15, 0.2) is 0 Å². The third-order valence-electron chi connectivity index (χ3n) is 3.04. The van der Waals surface area contributed by atoms with Gasteiger partial charge in [0.25, 0.3) is 0 Å². The van der Waals surface area contributed by atoms with E-state index in [-0.39, 0.29) is 0 Å². The maximum Gasteiger partial charge on any atom is 0.127 e. The van der Waals surface area contributed by atoms with Crippen LogP contribution in [0.4, 0.5) is 5.69 Å². The highest BCUT2D eigenvalue weighted by molar-refractivity contribution is 5.92. The molecule has 90 valence electrons. The molecule has 0 saturated carbocycles. The summed E-state index contributed by atoms with van der Waals surface area (Å²) in [6, 6.07) is 8.21. The first-order chi connectivity index (χ1) is 8.84. The van der Waals surface area contributed by atoms with E-state index in [1.165, 1.54) is 5.39 Å². The maximum atomic E-state index is 4.30. The Morgan fingerprint density at radius 2 is 2.17 bits per heavy atom. The lowest BCUT2D eigenvalue weighted by atomic mass is 10.1. The molecule has 0 spiro atoms. The van der Waals surface area contributed by atoms with Crippen LogP contribution in [0.1, 0.15) is 5.82 Å². The van der Waals surface area contributed by atoms with Gasteiger partial charge < -0.3 is 9.88 Å². The third-order valence-corrected chi connectivity index (χ3v) is 3.04. The molecule has 1 aromatic carbocycles. The second-order valence-electron chi connectivity index (χ2n) is 4.21. The van der Waals surface area contributed by atoms with Gasteiger partial charge in [0, 0.05) is 42.9 Å². The second kappa shape index (κ2) is 4.49. The molecule has 0 atom stereocenters. The minimum Gasteiger partial charge on any atom is -0.377 e. The summed E-state index contributed by atoms with van der Waals surface area (Å²) >= 11 is 0. The Bertz CT molecular complexity index is 667. The fraction of sp³-hybridized carbons (Fsp3) is 0.143. The van der Waals surface area contributed by atoms with Crippen LogP contribution in [0.5, 0.6) is 0 Å². The lowest BCUT2D eigenvalue weighted by Crippen LogP contribution is -2.05. The number of nitrogens with zero attached hydrogens (tertiary/aromatic N) is 3. The first-order valence-electron chi connectivity index (χ1n) is 5.87. The van der Waals surface area contributed by atoms with Crippen LogP contribution in [-0.4, -0.2) is 14.5 Å². The molecule has 0 unspecified atom stereocenters. The summed E-state index contributed by atoms with van der Waals surface area (Å²) in [6.45, 7) is 0.706. The minimum atomic E-state index is 0.706. The molecule has 0 aliphatic heterocycles. The van der Waals surface area contributed by atoms with Gasteiger partial charge in [-0.1, -0.05) is 12.1 Å². The number of nitrogens with one attached hydrogen (secondary N) is 1. The smallest absolute Gasteiger partial charge is 0.127 e. The zero-order chi connectivity index (χ0) is 12.4. The van der Waals surface area contributed by atoms with Gasteiger partial charge >= 0.3 is 0 Å². The predicted molar refractivity (Wildman–Crippen MR) is 72.3 cm³/mol. The number of hydrogen-bond donors (Lipinski definition) is 1. The molecule has 18 heavy (non-hydrogen) atoms. The molecule has 0 bridgehead atoms. The summed E-state index contributed by atoms with van der Waals surface area (Å²) < 4.78 is 2.01. The third kappa shape index (κ3) is 1.93. The van der Waals surface area contributed by atoms with E-state index in [1.54, 1.807) is 0 Å². The minimum absolute atomic E-state index is 0.706. The van der Waals surface area contributed by atoms with Crippen LogP contribution in [0.2, 0.25) is 0 Å². The quantitative estimate of drug-likeness (QED) is 0.762. The van der Waals surface area contributed by atoms with E-state index in [1.807, 2.05) is 48.5 Å². The van der Waals surface area contributed by atoms with Crippen molar-refractivity contribution in [1.82, 2.24) is 14.5 Å². The average Bonchev–Trinajstić information content (AvgIpc) is 2.82. The summed E-state index contributed by atoms with van der Waals surface area (Å²) in [6.07, 6.45) is 7.45. The SMILES string of the molecule is Cn1ccnc1CNc1cccc2ccncc12. The van der Waals surface area contributed by atoms with Crippen LogP contribution in [-0.2, 0) is 13.6 Å². The molecule has 0 saturated heterocycles. The number of pyridine rings is 1. The average molecular weight is 238 g/mol. The van der Waals surface area contributed by atoms with Crippen molar-refractivity contribution in [2.75, 3.05) is 5.32 Å². The molecule has 0 amide bonds. The van der Waals surface area contributed by atoms with Crippen LogP contribution in [0.25, 0.3) is 10.8 Å². The van der Waals surface area contributed by atoms with Crippen molar-refractivity contribution in [2.24, 2.45) is 7.05 Å². The number of hydrogen-bond acceptors (Lipinski definition) is 3. The molecule has 0 aliphatic carbocycles. The molecule has 4 heteroatoms. The molecule has 1 N–H and O–H groups in total. The first kappa shape index (κ1) is 10.8. The lowest BCUT2D eigenvalue weighted by molar-refractivity contribution is 0.813. The van der Waals surface area contributed by atoms with E-state index in [4.69, 9.17) is 0 Å². The standard InChI is InChI=1S/C14H14N4/c1-18-8-7-16-14(18)10-17-13-4-2-3-11-5-6-15-9-12(11)13/h2-9,17H,10H2,1H3. The topological polar surface area (TPSA) is 42.7 Å². The van der Waals surface area contributed by atoms with E-state index in [0.717, 1.165) is 16.9 Å². The second-order valence-corrected chi connectivity index (χ2v) is 4.21. The number of aromatic nitrogens is 3. The lowest BCUT2D eigenvalue weighted by Gasteiger charge is -2.09. The van der Waals surface area contributed by atoms with Crippen molar-refractivity contribution in [3.63, 3.8) is 0 Å². The zero-order valence-electron chi connectivity index (χ0n) is 10.2. The Morgan fingerprint density at radius 1 is 1.22 bits per heavy atom. The van der Waals surface area contributed by atoms with Gasteiger partial charge in [-0.25, -0.2) is 4.98 Å². The summed E-state index contributed by atoms with van der Waals surface area (Å²) in [4.78, 5) is 8.47. The maximum absolute atomic E-state index is 4.30. The van der Waals surface area contributed by atoms with Crippen molar-refractivity contribution in [3.05, 3.63) is 54.9 Å². The van der Waals surface area contributed by atoms with Crippen LogP contribution < -0.4 is 5.32 Å². The van der Waals surface area contributed by atoms with Crippen molar-refractivity contribution < 1.29 is 0 Å². The number of anilines is 1. The van der Waals surface area contributed by atoms with Crippen LogP contribution in [0.3, 0.4) is 0 Å². The van der Waals surface area contributed by atoms with Crippen LogP contribution in [0, 0.1) is 0 Å². The number of benzene rings is 1. The van der Waals surface area contributed by atoms with E-state index < -0.39 is 0 Å². The normalized spacial score (nSPS) is 10.7. The summed E-state index contributed by atoms with van der Waals surface area (Å²) in [5.41, 5.74) is 1.09. The highest BCUT2D eigenvalue weighted by Crippen LogP contribution is 2.22. The van der Waals surface area contributed by atoms with E-state index in [2.05, 4.69) is 27.4 Å². The number of fused-ring (bicyclic) bond motifs is 1. The van der Waals surface area contributed by atoms with E-state index in [9.17, 15) is 0 Å². The van der Waals surface area contributed by atoms with Gasteiger partial charge in [0.2, 0.25) is 0 Å². The summed E-state index contributed by atoms with van der Waals surface area (Å²) in [5.74, 6) is 1.01. The molecule has 4 nitrogen and oxygen atoms in total. The predicted octanol–water partition coefficient (Wildman–Crippen LogP) is 2.58. The molecule has 3 aromatic rings. The van der Waals surface area contributed by atoms with Gasteiger partial charge in [-0.15, -0.1) is 0 Å². The Balaban J connectivity index is 1.89. The summed E-state index contributed by atoms with van der Waals surface area (Å²) in [5, 5.41) is 5.73. The number of imidazole rings is 1. The molecule has 0 fully saturated rings. The van der Waals surface area contributed by atoms with Gasteiger partial charge in [-0.3, -0.25) is 4.98 Å². The monoisotopic (exact) mass is 238 g/mol. The highest BCUT2D eigenvalue weighted by Gasteiger charge is 2.02. The molecule has 3 rings (SSSR count). The van der Waals surface area contributed by atoms with Gasteiger partial charge in [0.05, 0.1) is 6.54 Å². The Morgan fingerprint density at radius 3 is 3.00 bits per heavy atom. The van der Waals surface area contributed by atoms with E-state index in [0.29, 0.717) is 6.54 Å². The molecule has 0 radical (unpaired) electrons. The Hall–Kier alpha value is -2.36. The summed E-state index contributed by atoms with van der Waals surface area (Å²) in [7, 11) is 1.99.